The van der Waals surface area contributed by atoms with Gasteiger partial charge in [0.25, 0.3) is 5.91 Å². The van der Waals surface area contributed by atoms with Gasteiger partial charge in [-0.3, -0.25) is 9.78 Å². The van der Waals surface area contributed by atoms with Crippen molar-refractivity contribution in [3.8, 4) is 5.75 Å². The van der Waals surface area contributed by atoms with E-state index in [1.807, 2.05) is 6.92 Å². The molecule has 1 aliphatic rings. The van der Waals surface area contributed by atoms with Gasteiger partial charge in [-0.2, -0.15) is 5.10 Å². The summed E-state index contributed by atoms with van der Waals surface area (Å²) in [7, 11) is 0. The van der Waals surface area contributed by atoms with Crippen molar-refractivity contribution >= 4 is 16.8 Å². The summed E-state index contributed by atoms with van der Waals surface area (Å²) in [6.45, 7) is 2.63. The topological polar surface area (TPSA) is 96.7 Å². The quantitative estimate of drug-likeness (QED) is 0.534. The van der Waals surface area contributed by atoms with Crippen molar-refractivity contribution in [3.63, 3.8) is 0 Å². The molecule has 27 heavy (non-hydrogen) atoms. The van der Waals surface area contributed by atoms with Crippen LogP contribution in [0.2, 0.25) is 0 Å². The zero-order valence-electron chi connectivity index (χ0n) is 14.6. The molecule has 1 atom stereocenters. The van der Waals surface area contributed by atoms with Gasteiger partial charge in [0, 0.05) is 24.7 Å². The van der Waals surface area contributed by atoms with Crippen LogP contribution in [0.4, 0.5) is 4.39 Å². The van der Waals surface area contributed by atoms with Crippen LogP contribution in [-0.4, -0.2) is 32.0 Å². The first-order chi connectivity index (χ1) is 13.0. The molecule has 0 fully saturated rings. The molecule has 1 amide bonds. The third kappa shape index (κ3) is 2.69. The van der Waals surface area contributed by atoms with Gasteiger partial charge in [-0.1, -0.05) is 12.1 Å². The first kappa shape index (κ1) is 17.0. The highest BCUT2D eigenvalue weighted by Gasteiger charge is 2.33. The summed E-state index contributed by atoms with van der Waals surface area (Å²) in [5.41, 5.74) is 1.57. The number of fused-ring (bicyclic) bond motifs is 2. The normalized spacial score (nSPS) is 17.4. The number of hydrogen-bond acceptors (Lipinski definition) is 5. The van der Waals surface area contributed by atoms with Crippen LogP contribution >= 0.6 is 0 Å². The highest BCUT2D eigenvalue weighted by molar-refractivity contribution is 6.01. The fourth-order valence-corrected chi connectivity index (χ4v) is 3.58. The summed E-state index contributed by atoms with van der Waals surface area (Å²) in [5, 5.41) is 15.2. The Bertz CT molecular complexity index is 1110. The van der Waals surface area contributed by atoms with E-state index in [9.17, 15) is 14.3 Å². The highest BCUT2D eigenvalue weighted by atomic mass is 19.1. The number of nitrogens with zero attached hydrogens (tertiary/aromatic N) is 4. The number of nitrogens with two attached hydrogens (primary N) is 1. The molecular weight excluding hydrogens is 349 g/mol. The molecule has 3 N–H and O–H groups in total. The minimum absolute atomic E-state index is 0.103. The van der Waals surface area contributed by atoms with E-state index in [-0.39, 0.29) is 34.7 Å². The van der Waals surface area contributed by atoms with Crippen LogP contribution < -0.4 is 11.3 Å². The number of hydrogen-bond donors (Lipinski definition) is 2. The summed E-state index contributed by atoms with van der Waals surface area (Å²) in [6.07, 6.45) is 1.53. The van der Waals surface area contributed by atoms with E-state index in [0.717, 1.165) is 5.56 Å². The minimum atomic E-state index is -0.354. The van der Waals surface area contributed by atoms with E-state index in [2.05, 4.69) is 10.1 Å². The second-order valence-electron chi connectivity index (χ2n) is 6.58. The fourth-order valence-electron chi connectivity index (χ4n) is 3.58. The van der Waals surface area contributed by atoms with E-state index in [0.29, 0.717) is 24.0 Å². The lowest BCUT2D eigenvalue weighted by atomic mass is 10.1. The number of pyridine rings is 2. The Morgan fingerprint density at radius 1 is 1.33 bits per heavy atom. The third-order valence-corrected chi connectivity index (χ3v) is 4.79. The van der Waals surface area contributed by atoms with Gasteiger partial charge in [0.2, 0.25) is 0 Å². The predicted octanol–water partition coefficient (Wildman–Crippen LogP) is 1.87. The van der Waals surface area contributed by atoms with Gasteiger partial charge < -0.3 is 20.4 Å². The number of aromatic nitrogens is 2. The molecule has 0 spiro atoms. The van der Waals surface area contributed by atoms with Crippen LogP contribution in [0.15, 0.2) is 47.7 Å². The Morgan fingerprint density at radius 3 is 2.78 bits per heavy atom. The number of rotatable bonds is 2. The third-order valence-electron chi connectivity index (χ3n) is 4.79. The van der Waals surface area contributed by atoms with Gasteiger partial charge >= 0.3 is 0 Å². The van der Waals surface area contributed by atoms with Gasteiger partial charge in [0.1, 0.15) is 11.3 Å². The Morgan fingerprint density at radius 2 is 2.07 bits per heavy atom. The van der Waals surface area contributed by atoms with E-state index < -0.39 is 0 Å². The summed E-state index contributed by atoms with van der Waals surface area (Å²) >= 11 is 0. The zero-order valence-corrected chi connectivity index (χ0v) is 14.6. The van der Waals surface area contributed by atoms with Crippen LogP contribution in [0.5, 0.6) is 5.75 Å². The van der Waals surface area contributed by atoms with E-state index in [4.69, 9.17) is 5.84 Å². The van der Waals surface area contributed by atoms with Crippen molar-refractivity contribution in [1.82, 2.24) is 14.5 Å². The molecule has 0 saturated carbocycles. The standard InChI is InChI=1S/C19H18FN5O2/c1-11-9-24(10-12-4-6-13(20)7-5-12)19(27)16-17(26)15-14(3-2-8-22-15)18(23-21)25(11)16/h2-8,11,26H,9-10,21H2,1H3/b23-18-. The average Bonchev–Trinajstić information content (AvgIpc) is 2.67. The Labute approximate surface area is 154 Å². The maximum atomic E-state index is 13.1. The molecule has 7 nitrogen and oxygen atoms in total. The number of carbonyl (C=O) groups excluding carboxylic acids is 1. The number of amides is 1. The Kier molecular flexibility index (Phi) is 4.02. The summed E-state index contributed by atoms with van der Waals surface area (Å²) < 4.78 is 14.8. The van der Waals surface area contributed by atoms with Gasteiger partial charge in [0.05, 0.1) is 6.04 Å². The van der Waals surface area contributed by atoms with E-state index >= 15 is 0 Å². The number of aromatic hydroxyl groups is 1. The van der Waals surface area contributed by atoms with Gasteiger partial charge in [-0.05, 0) is 36.8 Å². The van der Waals surface area contributed by atoms with Crippen molar-refractivity contribution in [1.29, 1.82) is 0 Å². The molecule has 3 heterocycles. The van der Waals surface area contributed by atoms with Crippen molar-refractivity contribution in [2.45, 2.75) is 19.5 Å². The molecule has 1 aromatic carbocycles. The van der Waals surface area contributed by atoms with Gasteiger partial charge in [-0.15, -0.1) is 0 Å². The van der Waals surface area contributed by atoms with Crippen molar-refractivity contribution in [2.75, 3.05) is 6.54 Å². The summed E-state index contributed by atoms with van der Waals surface area (Å²) in [6, 6.07) is 9.29. The fraction of sp³-hybridized carbons (Fsp3) is 0.211. The number of halogens is 1. The van der Waals surface area contributed by atoms with Crippen LogP contribution in [0.1, 0.15) is 29.0 Å². The van der Waals surface area contributed by atoms with Crippen LogP contribution in [0.3, 0.4) is 0 Å². The zero-order chi connectivity index (χ0) is 19.1. The lowest BCUT2D eigenvalue weighted by molar-refractivity contribution is 0.0650. The molecule has 1 aliphatic heterocycles. The molecule has 4 rings (SSSR count). The first-order valence-electron chi connectivity index (χ1n) is 8.51. The van der Waals surface area contributed by atoms with Crippen LogP contribution in [-0.2, 0) is 6.54 Å². The maximum absolute atomic E-state index is 13.1. The smallest absolute Gasteiger partial charge is 0.274 e. The molecule has 3 aromatic rings. The summed E-state index contributed by atoms with van der Waals surface area (Å²) in [4.78, 5) is 18.9. The first-order valence-corrected chi connectivity index (χ1v) is 8.51. The molecular formula is C19H18FN5O2. The molecule has 8 heteroatoms. The lowest BCUT2D eigenvalue weighted by Gasteiger charge is -2.35. The van der Waals surface area contributed by atoms with E-state index in [1.165, 1.54) is 18.3 Å². The second kappa shape index (κ2) is 6.39. The molecule has 1 unspecified atom stereocenters. The van der Waals surface area contributed by atoms with Crippen LogP contribution in [0, 0.1) is 5.82 Å². The monoisotopic (exact) mass is 367 g/mol. The van der Waals surface area contributed by atoms with Crippen molar-refractivity contribution < 1.29 is 14.3 Å². The molecule has 2 aromatic heterocycles. The molecule has 0 aliphatic carbocycles. The molecule has 138 valence electrons. The van der Waals surface area contributed by atoms with E-state index in [1.54, 1.807) is 33.7 Å². The molecule has 0 saturated heterocycles. The predicted molar refractivity (Wildman–Crippen MR) is 97.0 cm³/mol. The van der Waals surface area contributed by atoms with Crippen molar-refractivity contribution in [2.24, 2.45) is 10.9 Å². The summed E-state index contributed by atoms with van der Waals surface area (Å²) in [5.74, 6) is 4.72. The molecule has 0 radical (unpaired) electrons. The highest BCUT2D eigenvalue weighted by Crippen LogP contribution is 2.31. The minimum Gasteiger partial charge on any atom is -0.504 e. The number of carbonyl (C=O) groups is 1. The van der Waals surface area contributed by atoms with Gasteiger partial charge in [0.15, 0.2) is 16.9 Å². The Hall–Kier alpha value is -3.42. The average molecular weight is 367 g/mol. The van der Waals surface area contributed by atoms with Crippen molar-refractivity contribution in [3.05, 3.63) is 65.2 Å². The lowest BCUT2D eigenvalue weighted by Crippen LogP contribution is -2.46. The SMILES string of the molecule is CC1CN(Cc2ccc(F)cc2)C(=O)c2c(O)c3ncccc3/c(=N/N)n21. The Balaban J connectivity index is 1.86. The molecule has 0 bridgehead atoms. The van der Waals surface area contributed by atoms with Crippen LogP contribution in [0.25, 0.3) is 10.9 Å². The maximum Gasteiger partial charge on any atom is 0.274 e. The second-order valence-corrected chi connectivity index (χ2v) is 6.58. The van der Waals surface area contributed by atoms with Gasteiger partial charge in [-0.25, -0.2) is 4.39 Å². The number of benzene rings is 1. The largest absolute Gasteiger partial charge is 0.504 e.